The smallest absolute Gasteiger partial charge is 0.356 e. The highest BCUT2D eigenvalue weighted by molar-refractivity contribution is 5.91. The van der Waals surface area contributed by atoms with Crippen LogP contribution in [0.25, 0.3) is 11.4 Å². The molecule has 4 rings (SSSR count). The minimum absolute atomic E-state index is 0.0920. The summed E-state index contributed by atoms with van der Waals surface area (Å²) in [5.74, 6) is -0.547. The molecule has 2 N–H and O–H groups in total. The van der Waals surface area contributed by atoms with Gasteiger partial charge in [0.05, 0.1) is 11.4 Å². The molecule has 0 amide bonds. The van der Waals surface area contributed by atoms with E-state index in [1.54, 1.807) is 11.7 Å². The Labute approximate surface area is 150 Å². The van der Waals surface area contributed by atoms with E-state index in [2.05, 4.69) is 20.4 Å². The summed E-state index contributed by atoms with van der Waals surface area (Å²) in [6.07, 6.45) is 2.47. The predicted octanol–water partition coefficient (Wildman–Crippen LogP) is 3.15. The average molecular weight is 349 g/mol. The molecule has 0 aliphatic heterocycles. The van der Waals surface area contributed by atoms with Crippen molar-refractivity contribution in [3.05, 3.63) is 53.3 Å². The van der Waals surface area contributed by atoms with E-state index in [9.17, 15) is 9.90 Å². The van der Waals surface area contributed by atoms with Gasteiger partial charge in [0.25, 0.3) is 0 Å². The van der Waals surface area contributed by atoms with Gasteiger partial charge < -0.3 is 10.4 Å². The Morgan fingerprint density at radius 2 is 2.00 bits per heavy atom. The number of hydrogen-bond acceptors (Lipinski definition) is 5. The fourth-order valence-corrected chi connectivity index (χ4v) is 3.60. The van der Waals surface area contributed by atoms with Gasteiger partial charge in [-0.25, -0.2) is 14.8 Å². The molecule has 0 atom stereocenters. The van der Waals surface area contributed by atoms with E-state index >= 15 is 0 Å². The topological polar surface area (TPSA) is 92.9 Å². The summed E-state index contributed by atoms with van der Waals surface area (Å²) in [4.78, 5) is 20.8. The third-order valence-corrected chi connectivity index (χ3v) is 4.68. The molecular formula is C19H19N5O2. The van der Waals surface area contributed by atoms with Gasteiger partial charge in [0.1, 0.15) is 0 Å². The van der Waals surface area contributed by atoms with Crippen LogP contribution in [0, 0.1) is 0 Å². The maximum absolute atomic E-state index is 11.7. The fraction of sp³-hybridized carbons (Fsp3) is 0.263. The lowest BCUT2D eigenvalue weighted by Gasteiger charge is -2.31. The van der Waals surface area contributed by atoms with Crippen LogP contribution < -0.4 is 5.32 Å². The molecule has 2 heterocycles. The molecule has 0 bridgehead atoms. The van der Waals surface area contributed by atoms with Crippen LogP contribution in [0.1, 0.15) is 35.5 Å². The maximum Gasteiger partial charge on any atom is 0.356 e. The van der Waals surface area contributed by atoms with Gasteiger partial charge in [0, 0.05) is 24.5 Å². The van der Waals surface area contributed by atoms with Crippen molar-refractivity contribution < 1.29 is 9.90 Å². The second kappa shape index (κ2) is 5.66. The summed E-state index contributed by atoms with van der Waals surface area (Å²) in [7, 11) is 1.75. The second-order valence-electron chi connectivity index (χ2n) is 7.12. The van der Waals surface area contributed by atoms with E-state index in [-0.39, 0.29) is 11.1 Å². The fourth-order valence-electron chi connectivity index (χ4n) is 3.60. The Bertz CT molecular complexity index is 1010. The summed E-state index contributed by atoms with van der Waals surface area (Å²) in [6.45, 7) is 4.05. The summed E-state index contributed by atoms with van der Waals surface area (Å²) in [5, 5.41) is 17.0. The first-order valence-electron chi connectivity index (χ1n) is 8.36. The maximum atomic E-state index is 11.7. The molecule has 3 aromatic rings. The number of carboxylic acid groups (broad SMARTS) is 1. The summed E-state index contributed by atoms with van der Waals surface area (Å²) < 4.78 is 1.61. The van der Waals surface area contributed by atoms with Gasteiger partial charge in [-0.15, -0.1) is 0 Å². The van der Waals surface area contributed by atoms with Crippen LogP contribution >= 0.6 is 0 Å². The number of nitrogens with zero attached hydrogens (tertiary/aromatic N) is 4. The molecule has 1 aliphatic carbocycles. The third kappa shape index (κ3) is 2.52. The number of rotatable bonds is 3. The van der Waals surface area contributed by atoms with Gasteiger partial charge in [0.2, 0.25) is 5.95 Å². The van der Waals surface area contributed by atoms with Crippen molar-refractivity contribution in [1.29, 1.82) is 0 Å². The number of aromatic carboxylic acids is 1. The largest absolute Gasteiger partial charge is 0.476 e. The standard InChI is InChI=1S/C19H19N5O2/c1-19(2)9-11-10-20-18(21-12-7-5-4-6-8-12)22-14(11)16-13(19)15(17(25)26)23-24(16)3/h4-8,10H,9H2,1-3H3,(H,25,26)(H,20,21,22). The molecule has 0 fully saturated rings. The summed E-state index contributed by atoms with van der Waals surface area (Å²) in [5.41, 5.74) is 3.81. The predicted molar refractivity (Wildman–Crippen MR) is 97.6 cm³/mol. The molecule has 1 aliphatic rings. The molecule has 0 saturated carbocycles. The number of para-hydroxylation sites is 1. The Morgan fingerprint density at radius 3 is 2.69 bits per heavy atom. The van der Waals surface area contributed by atoms with Crippen molar-refractivity contribution in [1.82, 2.24) is 19.7 Å². The molecule has 0 unspecified atom stereocenters. The number of fused-ring (bicyclic) bond motifs is 3. The van der Waals surface area contributed by atoms with E-state index in [4.69, 9.17) is 0 Å². The first-order valence-corrected chi connectivity index (χ1v) is 8.36. The van der Waals surface area contributed by atoms with Crippen molar-refractivity contribution in [3.8, 4) is 11.4 Å². The van der Waals surface area contributed by atoms with Crippen molar-refractivity contribution in [2.24, 2.45) is 7.05 Å². The normalized spacial score (nSPS) is 14.4. The zero-order valence-corrected chi connectivity index (χ0v) is 14.8. The molecule has 0 spiro atoms. The molecule has 0 radical (unpaired) electrons. The number of carbonyl (C=O) groups is 1. The van der Waals surface area contributed by atoms with E-state index < -0.39 is 5.97 Å². The van der Waals surface area contributed by atoms with Crippen molar-refractivity contribution in [2.45, 2.75) is 25.7 Å². The van der Waals surface area contributed by atoms with E-state index in [1.165, 1.54) is 0 Å². The Hall–Kier alpha value is -3.22. The van der Waals surface area contributed by atoms with Crippen LogP contribution in [0.15, 0.2) is 36.5 Å². The van der Waals surface area contributed by atoms with Gasteiger partial charge in [-0.2, -0.15) is 5.10 Å². The van der Waals surface area contributed by atoms with E-state index in [0.717, 1.165) is 28.2 Å². The van der Waals surface area contributed by atoms with Crippen LogP contribution in [-0.2, 0) is 18.9 Å². The molecule has 7 nitrogen and oxygen atoms in total. The van der Waals surface area contributed by atoms with Crippen LogP contribution in [-0.4, -0.2) is 30.8 Å². The number of aromatic nitrogens is 4. The molecule has 7 heteroatoms. The zero-order chi connectivity index (χ0) is 18.5. The third-order valence-electron chi connectivity index (χ3n) is 4.68. The van der Waals surface area contributed by atoms with E-state index in [0.29, 0.717) is 12.4 Å². The Balaban J connectivity index is 1.86. The molecular weight excluding hydrogens is 330 g/mol. The van der Waals surface area contributed by atoms with Crippen LogP contribution in [0.2, 0.25) is 0 Å². The van der Waals surface area contributed by atoms with Crippen LogP contribution in [0.4, 0.5) is 11.6 Å². The van der Waals surface area contributed by atoms with Crippen LogP contribution in [0.3, 0.4) is 0 Å². The van der Waals surface area contributed by atoms with Gasteiger partial charge >= 0.3 is 5.97 Å². The average Bonchev–Trinajstić information content (AvgIpc) is 2.95. The van der Waals surface area contributed by atoms with Gasteiger partial charge in [-0.05, 0) is 29.5 Å². The Morgan fingerprint density at radius 1 is 1.27 bits per heavy atom. The van der Waals surface area contributed by atoms with Crippen molar-refractivity contribution >= 4 is 17.6 Å². The highest BCUT2D eigenvalue weighted by Gasteiger charge is 2.39. The quantitative estimate of drug-likeness (QED) is 0.754. The summed E-state index contributed by atoms with van der Waals surface area (Å²) in [6, 6.07) is 9.67. The Kier molecular flexibility index (Phi) is 3.54. The molecule has 0 saturated heterocycles. The number of carboxylic acids is 1. The molecule has 1 aromatic carbocycles. The second-order valence-corrected chi connectivity index (χ2v) is 7.12. The highest BCUT2D eigenvalue weighted by Crippen LogP contribution is 2.43. The lowest BCUT2D eigenvalue weighted by molar-refractivity contribution is 0.0686. The lowest BCUT2D eigenvalue weighted by atomic mass is 9.73. The molecule has 2 aromatic heterocycles. The molecule has 26 heavy (non-hydrogen) atoms. The van der Waals surface area contributed by atoms with Crippen molar-refractivity contribution in [2.75, 3.05) is 5.32 Å². The SMILES string of the molecule is Cn1nc(C(=O)O)c2c1-c1nc(Nc3ccccc3)ncc1CC2(C)C. The highest BCUT2D eigenvalue weighted by atomic mass is 16.4. The first kappa shape index (κ1) is 16.3. The van der Waals surface area contributed by atoms with Gasteiger partial charge in [0.15, 0.2) is 5.69 Å². The minimum Gasteiger partial charge on any atom is -0.476 e. The molecule has 132 valence electrons. The monoisotopic (exact) mass is 349 g/mol. The number of hydrogen-bond donors (Lipinski definition) is 2. The first-order chi connectivity index (χ1) is 12.4. The number of nitrogens with one attached hydrogen (secondary N) is 1. The number of anilines is 2. The van der Waals surface area contributed by atoms with E-state index in [1.807, 2.05) is 50.4 Å². The van der Waals surface area contributed by atoms with Gasteiger partial charge in [-0.1, -0.05) is 32.0 Å². The summed E-state index contributed by atoms with van der Waals surface area (Å²) >= 11 is 0. The zero-order valence-electron chi connectivity index (χ0n) is 14.8. The number of aryl methyl sites for hydroxylation is 1. The lowest BCUT2D eigenvalue weighted by Crippen LogP contribution is -2.28. The van der Waals surface area contributed by atoms with Crippen LogP contribution in [0.5, 0.6) is 0 Å². The minimum atomic E-state index is -1.02. The van der Waals surface area contributed by atoms with Gasteiger partial charge in [-0.3, -0.25) is 4.68 Å². The number of benzene rings is 1. The van der Waals surface area contributed by atoms with Crippen molar-refractivity contribution in [3.63, 3.8) is 0 Å².